The molecule has 1 atom stereocenters. The topological polar surface area (TPSA) is 75.4 Å². The van der Waals surface area contributed by atoms with Gasteiger partial charge in [0.05, 0.1) is 11.0 Å². The van der Waals surface area contributed by atoms with Crippen molar-refractivity contribution in [2.24, 2.45) is 0 Å². The second-order valence-electron chi connectivity index (χ2n) is 4.90. The third-order valence-corrected chi connectivity index (χ3v) is 3.30. The van der Waals surface area contributed by atoms with Crippen LogP contribution < -0.4 is 5.32 Å². The van der Waals surface area contributed by atoms with Crippen molar-refractivity contribution >= 4 is 11.4 Å². The van der Waals surface area contributed by atoms with Crippen LogP contribution in [0.25, 0.3) is 0 Å². The molecular formula is C16H18N2O3. The predicted molar refractivity (Wildman–Crippen MR) is 82.3 cm³/mol. The van der Waals surface area contributed by atoms with Gasteiger partial charge in [-0.25, -0.2) is 0 Å². The third kappa shape index (κ3) is 3.79. The van der Waals surface area contributed by atoms with Crippen molar-refractivity contribution in [2.45, 2.75) is 19.4 Å². The first-order chi connectivity index (χ1) is 10.1. The highest BCUT2D eigenvalue weighted by Gasteiger charge is 2.18. The van der Waals surface area contributed by atoms with Crippen LogP contribution in [0.5, 0.6) is 0 Å². The number of aryl methyl sites for hydroxylation is 1. The lowest BCUT2D eigenvalue weighted by atomic mass is 10.0. The Balaban J connectivity index is 2.31. The van der Waals surface area contributed by atoms with E-state index in [1.165, 1.54) is 0 Å². The molecule has 0 saturated heterocycles. The van der Waals surface area contributed by atoms with Gasteiger partial charge in [0.2, 0.25) is 0 Å². The molecule has 0 heterocycles. The second kappa shape index (κ2) is 6.85. The Morgan fingerprint density at radius 3 is 2.57 bits per heavy atom. The highest BCUT2D eigenvalue weighted by Crippen LogP contribution is 2.30. The minimum atomic E-state index is -0.393. The molecule has 0 aliphatic carbocycles. The molecule has 0 amide bonds. The number of aliphatic hydroxyl groups is 1. The van der Waals surface area contributed by atoms with E-state index in [1.54, 1.807) is 12.1 Å². The Bertz CT molecular complexity index is 614. The van der Waals surface area contributed by atoms with Crippen molar-refractivity contribution in [3.63, 3.8) is 0 Å². The van der Waals surface area contributed by atoms with Gasteiger partial charge in [0.25, 0.3) is 5.69 Å². The molecule has 2 N–H and O–H groups in total. The van der Waals surface area contributed by atoms with Crippen LogP contribution in [0.4, 0.5) is 11.4 Å². The maximum Gasteiger partial charge on any atom is 0.292 e. The molecule has 0 aliphatic rings. The number of hydrogen-bond donors (Lipinski definition) is 2. The average molecular weight is 286 g/mol. The lowest BCUT2D eigenvalue weighted by molar-refractivity contribution is -0.384. The molecule has 0 spiro atoms. The van der Waals surface area contributed by atoms with E-state index in [1.807, 2.05) is 43.3 Å². The van der Waals surface area contributed by atoms with Gasteiger partial charge in [-0.05, 0) is 30.5 Å². The van der Waals surface area contributed by atoms with Crippen molar-refractivity contribution in [2.75, 3.05) is 11.9 Å². The first-order valence-electron chi connectivity index (χ1n) is 6.79. The number of nitrogens with one attached hydrogen (secondary N) is 1. The highest BCUT2D eigenvalue weighted by atomic mass is 16.6. The number of nitro groups is 1. The Labute approximate surface area is 123 Å². The van der Waals surface area contributed by atoms with Crippen LogP contribution in [-0.4, -0.2) is 16.6 Å². The Hall–Kier alpha value is -2.40. The van der Waals surface area contributed by atoms with E-state index in [4.69, 9.17) is 0 Å². The molecule has 0 saturated carbocycles. The summed E-state index contributed by atoms with van der Waals surface area (Å²) in [5.74, 6) is 0. The molecule has 5 heteroatoms. The zero-order chi connectivity index (χ0) is 15.2. The second-order valence-corrected chi connectivity index (χ2v) is 4.90. The molecule has 0 bridgehead atoms. The summed E-state index contributed by atoms with van der Waals surface area (Å²) in [7, 11) is 0. The standard InChI is InChI=1S/C16H18N2O3/c1-12-7-8-15(16(11-12)18(20)21)17-14(9-10-19)13-5-3-2-4-6-13/h2-8,11,14,17,19H,9-10H2,1H3/t14-/m0/s1. The number of hydrogen-bond acceptors (Lipinski definition) is 4. The predicted octanol–water partition coefficient (Wildman–Crippen LogP) is 3.44. The Morgan fingerprint density at radius 2 is 1.95 bits per heavy atom. The number of benzene rings is 2. The van der Waals surface area contributed by atoms with Crippen LogP contribution in [0, 0.1) is 17.0 Å². The molecular weight excluding hydrogens is 268 g/mol. The van der Waals surface area contributed by atoms with Crippen LogP contribution in [0.1, 0.15) is 23.6 Å². The van der Waals surface area contributed by atoms with E-state index >= 15 is 0 Å². The van der Waals surface area contributed by atoms with Crippen molar-refractivity contribution in [3.8, 4) is 0 Å². The monoisotopic (exact) mass is 286 g/mol. The van der Waals surface area contributed by atoms with Gasteiger partial charge in [-0.2, -0.15) is 0 Å². The zero-order valence-corrected chi connectivity index (χ0v) is 11.8. The first-order valence-corrected chi connectivity index (χ1v) is 6.79. The van der Waals surface area contributed by atoms with Gasteiger partial charge in [-0.1, -0.05) is 36.4 Å². The first kappa shape index (κ1) is 15.0. The number of nitrogens with zero attached hydrogens (tertiary/aromatic N) is 1. The third-order valence-electron chi connectivity index (χ3n) is 3.30. The summed E-state index contributed by atoms with van der Waals surface area (Å²) in [5.41, 5.74) is 2.34. The van der Waals surface area contributed by atoms with E-state index < -0.39 is 4.92 Å². The molecule has 2 rings (SSSR count). The fraction of sp³-hybridized carbons (Fsp3) is 0.250. The molecule has 21 heavy (non-hydrogen) atoms. The van der Waals surface area contributed by atoms with Gasteiger partial charge >= 0.3 is 0 Å². The van der Waals surface area contributed by atoms with Gasteiger partial charge in [0, 0.05) is 12.7 Å². The fourth-order valence-electron chi connectivity index (χ4n) is 2.24. The van der Waals surface area contributed by atoms with Gasteiger partial charge < -0.3 is 10.4 Å². The van der Waals surface area contributed by atoms with E-state index in [0.717, 1.165) is 11.1 Å². The maximum absolute atomic E-state index is 11.2. The smallest absolute Gasteiger partial charge is 0.292 e. The summed E-state index contributed by atoms with van der Waals surface area (Å²) in [5, 5.41) is 23.6. The molecule has 0 aromatic heterocycles. The van der Waals surface area contributed by atoms with Crippen molar-refractivity contribution in [3.05, 3.63) is 69.8 Å². The number of aliphatic hydroxyl groups excluding tert-OH is 1. The molecule has 0 unspecified atom stereocenters. The Kier molecular flexibility index (Phi) is 4.90. The summed E-state index contributed by atoms with van der Waals surface area (Å²) >= 11 is 0. The van der Waals surface area contributed by atoms with Crippen LogP contribution in [0.15, 0.2) is 48.5 Å². The van der Waals surface area contributed by atoms with Gasteiger partial charge in [-0.15, -0.1) is 0 Å². The summed E-state index contributed by atoms with van der Waals surface area (Å²) in [6, 6.07) is 14.5. The summed E-state index contributed by atoms with van der Waals surface area (Å²) < 4.78 is 0. The molecule has 0 fully saturated rings. The molecule has 2 aromatic carbocycles. The Morgan fingerprint density at radius 1 is 1.24 bits per heavy atom. The van der Waals surface area contributed by atoms with E-state index in [0.29, 0.717) is 12.1 Å². The van der Waals surface area contributed by atoms with Crippen molar-refractivity contribution in [1.29, 1.82) is 0 Å². The van der Waals surface area contributed by atoms with E-state index in [9.17, 15) is 15.2 Å². The van der Waals surface area contributed by atoms with Crippen LogP contribution in [-0.2, 0) is 0 Å². The van der Waals surface area contributed by atoms with Gasteiger partial charge in [0.1, 0.15) is 5.69 Å². The molecule has 0 aliphatic heterocycles. The summed E-state index contributed by atoms with van der Waals surface area (Å²) in [6.45, 7) is 1.82. The van der Waals surface area contributed by atoms with Crippen LogP contribution in [0.3, 0.4) is 0 Å². The zero-order valence-electron chi connectivity index (χ0n) is 11.8. The molecule has 5 nitrogen and oxygen atoms in total. The normalized spacial score (nSPS) is 11.9. The average Bonchev–Trinajstić information content (AvgIpc) is 2.49. The minimum absolute atomic E-state index is 0.00617. The number of anilines is 1. The summed E-state index contributed by atoms with van der Waals surface area (Å²) in [6.07, 6.45) is 0.481. The lowest BCUT2D eigenvalue weighted by Crippen LogP contribution is -2.13. The van der Waals surface area contributed by atoms with Crippen LogP contribution >= 0.6 is 0 Å². The fourth-order valence-corrected chi connectivity index (χ4v) is 2.24. The van der Waals surface area contributed by atoms with E-state index in [2.05, 4.69) is 5.32 Å². The lowest BCUT2D eigenvalue weighted by Gasteiger charge is -2.19. The van der Waals surface area contributed by atoms with Crippen LogP contribution in [0.2, 0.25) is 0 Å². The molecule has 0 radical (unpaired) electrons. The quantitative estimate of drug-likeness (QED) is 0.630. The number of nitro benzene ring substituents is 1. The largest absolute Gasteiger partial charge is 0.396 e. The number of rotatable bonds is 6. The maximum atomic E-state index is 11.2. The van der Waals surface area contributed by atoms with Crippen molar-refractivity contribution < 1.29 is 10.0 Å². The van der Waals surface area contributed by atoms with Gasteiger partial charge in [0.15, 0.2) is 0 Å². The van der Waals surface area contributed by atoms with Crippen molar-refractivity contribution in [1.82, 2.24) is 0 Å². The molecule has 110 valence electrons. The highest BCUT2D eigenvalue weighted by molar-refractivity contribution is 5.63. The van der Waals surface area contributed by atoms with Gasteiger partial charge in [-0.3, -0.25) is 10.1 Å². The SMILES string of the molecule is Cc1ccc(N[C@@H](CCO)c2ccccc2)c([N+](=O)[O-])c1. The minimum Gasteiger partial charge on any atom is -0.396 e. The van der Waals surface area contributed by atoms with E-state index in [-0.39, 0.29) is 18.3 Å². The summed E-state index contributed by atoms with van der Waals surface area (Å²) in [4.78, 5) is 10.8. The molecule has 2 aromatic rings.